The molecule has 0 unspecified atom stereocenters. The van der Waals surface area contributed by atoms with E-state index >= 15 is 0 Å². The Balaban J connectivity index is 1.54. The number of ether oxygens (including phenoxy) is 2. The Labute approximate surface area is 173 Å². The zero-order valence-corrected chi connectivity index (χ0v) is 16.8. The summed E-state index contributed by atoms with van der Waals surface area (Å²) in [5.74, 6) is -0.941. The van der Waals surface area contributed by atoms with E-state index in [1.165, 1.54) is 13.8 Å². The molecule has 152 valence electrons. The van der Waals surface area contributed by atoms with Crippen LogP contribution in [0.25, 0.3) is 0 Å². The number of carbonyl (C=O) groups excluding carboxylic acids is 3. The maximum Gasteiger partial charge on any atom is 0.313 e. The molecule has 0 aliphatic carbocycles. The maximum atomic E-state index is 12.5. The van der Waals surface area contributed by atoms with Crippen molar-refractivity contribution < 1.29 is 23.9 Å². The highest BCUT2D eigenvalue weighted by Gasteiger charge is 2.30. The van der Waals surface area contributed by atoms with Crippen molar-refractivity contribution >= 4 is 40.8 Å². The van der Waals surface area contributed by atoms with Gasteiger partial charge in [-0.05, 0) is 61.4 Å². The van der Waals surface area contributed by atoms with E-state index < -0.39 is 23.9 Å². The van der Waals surface area contributed by atoms with Crippen molar-refractivity contribution in [3.05, 3.63) is 53.1 Å². The largest absolute Gasteiger partial charge is 0.492 e. The number of hydrogen-bond donors (Lipinski definition) is 2. The highest BCUT2D eigenvalue weighted by atomic mass is 35.5. The number of halogens is 1. The molecule has 0 aromatic heterocycles. The summed E-state index contributed by atoms with van der Waals surface area (Å²) in [5.41, 5.74) is 1.98. The molecule has 8 heteroatoms. The number of rotatable bonds is 5. The monoisotopic (exact) mass is 416 g/mol. The number of esters is 1. The number of nitrogens with one attached hydrogen (secondary N) is 2. The van der Waals surface area contributed by atoms with Gasteiger partial charge in [0.15, 0.2) is 6.10 Å². The van der Waals surface area contributed by atoms with Gasteiger partial charge in [-0.15, -0.1) is 0 Å². The minimum absolute atomic E-state index is 0.182. The first-order chi connectivity index (χ1) is 13.8. The second kappa shape index (κ2) is 8.96. The molecule has 3 rings (SSSR count). The van der Waals surface area contributed by atoms with Gasteiger partial charge in [-0.3, -0.25) is 14.4 Å². The predicted octanol–water partition coefficient (Wildman–Crippen LogP) is 3.42. The van der Waals surface area contributed by atoms with Gasteiger partial charge in [0.1, 0.15) is 12.4 Å². The first-order valence-electron chi connectivity index (χ1n) is 9.12. The minimum Gasteiger partial charge on any atom is -0.492 e. The second-order valence-electron chi connectivity index (χ2n) is 6.79. The van der Waals surface area contributed by atoms with Crippen LogP contribution < -0.4 is 15.4 Å². The molecule has 1 aliphatic heterocycles. The summed E-state index contributed by atoms with van der Waals surface area (Å²) in [4.78, 5) is 35.8. The molecule has 0 spiro atoms. The van der Waals surface area contributed by atoms with E-state index in [1.807, 2.05) is 0 Å². The van der Waals surface area contributed by atoms with Crippen LogP contribution in [0, 0.1) is 5.92 Å². The number of anilines is 2. The number of benzene rings is 2. The van der Waals surface area contributed by atoms with Crippen molar-refractivity contribution in [1.29, 1.82) is 0 Å². The molecule has 2 atom stereocenters. The van der Waals surface area contributed by atoms with E-state index in [2.05, 4.69) is 10.6 Å². The molecular weight excluding hydrogens is 396 g/mol. The maximum absolute atomic E-state index is 12.5. The SMILES string of the molecule is CC(=O)Nc1ccc(NC(=O)[C@H](C)OC(=O)[C@H]2COc3ccc(Cl)cc3C2)cc1. The number of amides is 2. The Morgan fingerprint density at radius 1 is 1.10 bits per heavy atom. The second-order valence-corrected chi connectivity index (χ2v) is 7.23. The quantitative estimate of drug-likeness (QED) is 0.728. The Morgan fingerprint density at radius 2 is 1.76 bits per heavy atom. The van der Waals surface area contributed by atoms with Gasteiger partial charge in [0.05, 0.1) is 5.92 Å². The summed E-state index contributed by atoms with van der Waals surface area (Å²) in [5, 5.41) is 5.88. The van der Waals surface area contributed by atoms with E-state index in [0.29, 0.717) is 28.6 Å². The third-order valence-corrected chi connectivity index (χ3v) is 4.63. The molecule has 2 amide bonds. The van der Waals surface area contributed by atoms with Crippen LogP contribution in [-0.2, 0) is 25.5 Å². The fraction of sp³-hybridized carbons (Fsp3) is 0.286. The normalized spacial score (nSPS) is 16.0. The average molecular weight is 417 g/mol. The van der Waals surface area contributed by atoms with Crippen LogP contribution in [-0.4, -0.2) is 30.5 Å². The molecule has 0 radical (unpaired) electrons. The van der Waals surface area contributed by atoms with Crippen molar-refractivity contribution in [2.24, 2.45) is 5.92 Å². The summed E-state index contributed by atoms with van der Waals surface area (Å²) in [6.45, 7) is 3.11. The lowest BCUT2D eigenvalue weighted by molar-refractivity contribution is -0.158. The van der Waals surface area contributed by atoms with Crippen LogP contribution in [0.15, 0.2) is 42.5 Å². The van der Waals surface area contributed by atoms with Gasteiger partial charge in [-0.25, -0.2) is 0 Å². The molecule has 0 saturated heterocycles. The van der Waals surface area contributed by atoms with Crippen LogP contribution in [0.2, 0.25) is 5.02 Å². The molecule has 2 aromatic carbocycles. The molecule has 0 fully saturated rings. The molecule has 7 nitrogen and oxygen atoms in total. The lowest BCUT2D eigenvalue weighted by Crippen LogP contribution is -2.36. The first kappa shape index (κ1) is 20.7. The molecule has 1 heterocycles. The van der Waals surface area contributed by atoms with Gasteiger partial charge in [0, 0.05) is 23.3 Å². The topological polar surface area (TPSA) is 93.7 Å². The van der Waals surface area contributed by atoms with Crippen molar-refractivity contribution in [2.45, 2.75) is 26.4 Å². The number of carbonyl (C=O) groups is 3. The highest BCUT2D eigenvalue weighted by molar-refractivity contribution is 6.30. The van der Waals surface area contributed by atoms with E-state index in [-0.39, 0.29) is 12.5 Å². The van der Waals surface area contributed by atoms with E-state index in [9.17, 15) is 14.4 Å². The van der Waals surface area contributed by atoms with Gasteiger partial charge in [0.2, 0.25) is 5.91 Å². The molecule has 0 bridgehead atoms. The van der Waals surface area contributed by atoms with Crippen LogP contribution >= 0.6 is 11.6 Å². The average Bonchev–Trinajstić information content (AvgIpc) is 2.68. The number of fused-ring (bicyclic) bond motifs is 1. The predicted molar refractivity (Wildman–Crippen MR) is 109 cm³/mol. The zero-order chi connectivity index (χ0) is 21.0. The summed E-state index contributed by atoms with van der Waals surface area (Å²) >= 11 is 6.00. The molecule has 0 saturated carbocycles. The first-order valence-corrected chi connectivity index (χ1v) is 9.50. The fourth-order valence-electron chi connectivity index (χ4n) is 2.92. The van der Waals surface area contributed by atoms with E-state index in [0.717, 1.165) is 5.56 Å². The molecule has 1 aliphatic rings. The highest BCUT2D eigenvalue weighted by Crippen LogP contribution is 2.30. The number of hydrogen-bond acceptors (Lipinski definition) is 5. The summed E-state index contributed by atoms with van der Waals surface area (Å²) in [7, 11) is 0. The lowest BCUT2D eigenvalue weighted by atomic mass is 9.97. The van der Waals surface area contributed by atoms with Crippen LogP contribution in [0.4, 0.5) is 11.4 Å². The Hall–Kier alpha value is -3.06. The summed E-state index contributed by atoms with van der Waals surface area (Å²) < 4.78 is 10.9. The van der Waals surface area contributed by atoms with Crippen molar-refractivity contribution in [2.75, 3.05) is 17.2 Å². The smallest absolute Gasteiger partial charge is 0.313 e. The zero-order valence-electron chi connectivity index (χ0n) is 16.0. The Morgan fingerprint density at radius 3 is 2.41 bits per heavy atom. The minimum atomic E-state index is -0.974. The Kier molecular flexibility index (Phi) is 6.39. The van der Waals surface area contributed by atoms with Crippen molar-refractivity contribution in [1.82, 2.24) is 0 Å². The third-order valence-electron chi connectivity index (χ3n) is 4.40. The lowest BCUT2D eigenvalue weighted by Gasteiger charge is -2.25. The summed E-state index contributed by atoms with van der Waals surface area (Å²) in [6.07, 6.45) is -0.536. The van der Waals surface area contributed by atoms with Crippen LogP contribution in [0.5, 0.6) is 5.75 Å². The van der Waals surface area contributed by atoms with Crippen molar-refractivity contribution in [3.63, 3.8) is 0 Å². The van der Waals surface area contributed by atoms with Gasteiger partial charge >= 0.3 is 5.97 Å². The standard InChI is InChI=1S/C21H21ClN2O5/c1-12(20(26)24-18-6-4-17(5-7-18)23-13(2)25)29-21(27)15-9-14-10-16(22)3-8-19(14)28-11-15/h3-8,10,12,15H,9,11H2,1-2H3,(H,23,25)(H,24,26)/t12-,15+/m0/s1. The van der Waals surface area contributed by atoms with E-state index in [1.54, 1.807) is 42.5 Å². The van der Waals surface area contributed by atoms with Gasteiger partial charge < -0.3 is 20.1 Å². The molecule has 2 aromatic rings. The third kappa shape index (κ3) is 5.48. The molecular formula is C21H21ClN2O5. The molecule has 2 N–H and O–H groups in total. The molecule has 29 heavy (non-hydrogen) atoms. The Bertz CT molecular complexity index is 929. The van der Waals surface area contributed by atoms with Crippen LogP contribution in [0.3, 0.4) is 0 Å². The van der Waals surface area contributed by atoms with Crippen molar-refractivity contribution in [3.8, 4) is 5.75 Å². The van der Waals surface area contributed by atoms with Gasteiger partial charge in [-0.1, -0.05) is 11.6 Å². The van der Waals surface area contributed by atoms with Gasteiger partial charge in [0.25, 0.3) is 5.91 Å². The fourth-order valence-corrected chi connectivity index (χ4v) is 3.12. The van der Waals surface area contributed by atoms with Gasteiger partial charge in [-0.2, -0.15) is 0 Å². The van der Waals surface area contributed by atoms with E-state index in [4.69, 9.17) is 21.1 Å². The summed E-state index contributed by atoms with van der Waals surface area (Å²) in [6, 6.07) is 11.9. The van der Waals surface area contributed by atoms with Crippen LogP contribution in [0.1, 0.15) is 19.4 Å².